The highest BCUT2D eigenvalue weighted by atomic mass is 79.9. The van der Waals surface area contributed by atoms with E-state index in [0.29, 0.717) is 0 Å². The summed E-state index contributed by atoms with van der Waals surface area (Å²) in [6.07, 6.45) is 2.63. The summed E-state index contributed by atoms with van der Waals surface area (Å²) in [7, 11) is 0. The normalized spacial score (nSPS) is 12.4. The van der Waals surface area contributed by atoms with Gasteiger partial charge in [-0.2, -0.15) is 4.98 Å². The molecule has 0 aliphatic heterocycles. The molecule has 0 saturated carbocycles. The fourth-order valence-electron chi connectivity index (χ4n) is 1.48. The van der Waals surface area contributed by atoms with E-state index in [-0.39, 0.29) is 11.3 Å². The highest BCUT2D eigenvalue weighted by Gasteiger charge is 2.13. The van der Waals surface area contributed by atoms with Gasteiger partial charge in [0.2, 0.25) is 5.28 Å². The van der Waals surface area contributed by atoms with E-state index in [1.807, 2.05) is 6.07 Å². The molecule has 2 aromatic heterocycles. The number of thiophene rings is 1. The summed E-state index contributed by atoms with van der Waals surface area (Å²) in [5, 5.41) is 5.69. The largest absolute Gasteiger partial charge is 0.361 e. The first-order chi connectivity index (χ1) is 8.20. The second-order valence-electron chi connectivity index (χ2n) is 3.46. The van der Waals surface area contributed by atoms with Crippen molar-refractivity contribution in [1.82, 2.24) is 9.97 Å². The SMILES string of the molecule is CCC(Nc1nc(Cl)ncc1Br)c1cccs1. The monoisotopic (exact) mass is 331 g/mol. The van der Waals surface area contributed by atoms with Crippen LogP contribution in [-0.2, 0) is 0 Å². The molecule has 1 atom stereocenters. The maximum atomic E-state index is 5.79. The van der Waals surface area contributed by atoms with E-state index in [2.05, 4.69) is 49.6 Å². The van der Waals surface area contributed by atoms with Gasteiger partial charge < -0.3 is 5.32 Å². The summed E-state index contributed by atoms with van der Waals surface area (Å²) in [5.74, 6) is 0.727. The summed E-state index contributed by atoms with van der Waals surface area (Å²) in [6.45, 7) is 2.13. The number of nitrogens with zero attached hydrogens (tertiary/aromatic N) is 2. The van der Waals surface area contributed by atoms with Gasteiger partial charge in [0.1, 0.15) is 5.82 Å². The molecule has 6 heteroatoms. The Morgan fingerprint density at radius 1 is 1.59 bits per heavy atom. The molecule has 90 valence electrons. The molecule has 1 N–H and O–H groups in total. The van der Waals surface area contributed by atoms with Gasteiger partial charge in [0.05, 0.1) is 10.5 Å². The molecule has 0 aliphatic carbocycles. The first-order valence-corrected chi connectivity index (χ1v) is 7.23. The van der Waals surface area contributed by atoms with Crippen LogP contribution < -0.4 is 5.32 Å². The Morgan fingerprint density at radius 3 is 3.06 bits per heavy atom. The number of aromatic nitrogens is 2. The third-order valence-corrected chi connectivity index (χ3v) is 4.07. The standard InChI is InChI=1S/C11H11BrClN3S/c1-2-8(9-4-3-5-17-9)15-10-7(12)6-14-11(13)16-10/h3-6,8H,2H2,1H3,(H,14,15,16). The second-order valence-corrected chi connectivity index (χ2v) is 5.63. The summed E-state index contributed by atoms with van der Waals surface area (Å²) >= 11 is 10.9. The van der Waals surface area contributed by atoms with Crippen LogP contribution in [0.1, 0.15) is 24.3 Å². The van der Waals surface area contributed by atoms with Crippen LogP contribution in [0.4, 0.5) is 5.82 Å². The molecule has 0 aliphatic rings. The quantitative estimate of drug-likeness (QED) is 0.837. The van der Waals surface area contributed by atoms with Gasteiger partial charge in [0.25, 0.3) is 0 Å². The predicted molar refractivity (Wildman–Crippen MR) is 75.7 cm³/mol. The van der Waals surface area contributed by atoms with Gasteiger partial charge in [-0.15, -0.1) is 11.3 Å². The number of anilines is 1. The molecule has 0 saturated heterocycles. The van der Waals surface area contributed by atoms with Crippen LogP contribution in [0.2, 0.25) is 5.28 Å². The zero-order chi connectivity index (χ0) is 12.3. The lowest BCUT2D eigenvalue weighted by atomic mass is 10.2. The van der Waals surface area contributed by atoms with E-state index >= 15 is 0 Å². The van der Waals surface area contributed by atoms with E-state index in [1.54, 1.807) is 17.5 Å². The van der Waals surface area contributed by atoms with Gasteiger partial charge in [-0.05, 0) is 45.4 Å². The molecule has 0 amide bonds. The molecule has 2 aromatic rings. The van der Waals surface area contributed by atoms with E-state index in [0.717, 1.165) is 16.7 Å². The highest BCUT2D eigenvalue weighted by Crippen LogP contribution is 2.29. The zero-order valence-electron chi connectivity index (χ0n) is 9.15. The van der Waals surface area contributed by atoms with E-state index in [4.69, 9.17) is 11.6 Å². The Labute approximate surface area is 117 Å². The van der Waals surface area contributed by atoms with Crippen LogP contribution in [0, 0.1) is 0 Å². The van der Waals surface area contributed by atoms with Crippen LogP contribution in [-0.4, -0.2) is 9.97 Å². The van der Waals surface area contributed by atoms with Crippen molar-refractivity contribution in [3.05, 3.63) is 38.3 Å². The molecule has 2 heterocycles. The number of halogens is 2. The summed E-state index contributed by atoms with van der Waals surface area (Å²) in [4.78, 5) is 9.36. The van der Waals surface area contributed by atoms with Gasteiger partial charge in [0.15, 0.2) is 0 Å². The minimum atomic E-state index is 0.247. The molecule has 17 heavy (non-hydrogen) atoms. The number of hydrogen-bond acceptors (Lipinski definition) is 4. The minimum absolute atomic E-state index is 0.247. The Morgan fingerprint density at radius 2 is 2.41 bits per heavy atom. The summed E-state index contributed by atoms with van der Waals surface area (Å²) in [6, 6.07) is 4.41. The third kappa shape index (κ3) is 3.18. The highest BCUT2D eigenvalue weighted by molar-refractivity contribution is 9.10. The van der Waals surface area contributed by atoms with Crippen molar-refractivity contribution in [1.29, 1.82) is 0 Å². The van der Waals surface area contributed by atoms with Crippen LogP contribution in [0.3, 0.4) is 0 Å². The Hall–Kier alpha value is -0.650. The van der Waals surface area contributed by atoms with Crippen molar-refractivity contribution >= 4 is 44.7 Å². The van der Waals surface area contributed by atoms with Crippen molar-refractivity contribution in [2.45, 2.75) is 19.4 Å². The van der Waals surface area contributed by atoms with E-state index < -0.39 is 0 Å². The molecule has 3 nitrogen and oxygen atoms in total. The van der Waals surface area contributed by atoms with Crippen LogP contribution >= 0.6 is 38.9 Å². The van der Waals surface area contributed by atoms with E-state index in [1.165, 1.54) is 4.88 Å². The Bertz CT molecular complexity index is 489. The first-order valence-electron chi connectivity index (χ1n) is 5.18. The minimum Gasteiger partial charge on any atom is -0.361 e. The van der Waals surface area contributed by atoms with Gasteiger partial charge in [-0.3, -0.25) is 0 Å². The van der Waals surface area contributed by atoms with Gasteiger partial charge in [0, 0.05) is 11.1 Å². The molecule has 0 spiro atoms. The molecule has 2 rings (SSSR count). The van der Waals surface area contributed by atoms with Gasteiger partial charge in [-0.25, -0.2) is 4.98 Å². The van der Waals surface area contributed by atoms with Crippen molar-refractivity contribution in [3.63, 3.8) is 0 Å². The molecule has 0 radical (unpaired) electrons. The lowest BCUT2D eigenvalue weighted by Crippen LogP contribution is -2.10. The average molecular weight is 333 g/mol. The van der Waals surface area contributed by atoms with Crippen molar-refractivity contribution in [3.8, 4) is 0 Å². The molecule has 0 fully saturated rings. The summed E-state index contributed by atoms with van der Waals surface area (Å²) in [5.41, 5.74) is 0. The maximum absolute atomic E-state index is 5.79. The number of nitrogens with one attached hydrogen (secondary N) is 1. The zero-order valence-corrected chi connectivity index (χ0v) is 12.3. The predicted octanol–water partition coefficient (Wildman–Crippen LogP) is 4.52. The average Bonchev–Trinajstić information content (AvgIpc) is 2.84. The molecule has 1 unspecified atom stereocenters. The molecule has 0 bridgehead atoms. The smallest absolute Gasteiger partial charge is 0.224 e. The number of hydrogen-bond donors (Lipinski definition) is 1. The Kier molecular flexibility index (Phi) is 4.36. The van der Waals surface area contributed by atoms with E-state index in [9.17, 15) is 0 Å². The van der Waals surface area contributed by atoms with Crippen molar-refractivity contribution < 1.29 is 0 Å². The van der Waals surface area contributed by atoms with Crippen LogP contribution in [0.15, 0.2) is 28.2 Å². The van der Waals surface area contributed by atoms with Crippen molar-refractivity contribution in [2.75, 3.05) is 5.32 Å². The molecule has 0 aromatic carbocycles. The second kappa shape index (κ2) is 5.80. The van der Waals surface area contributed by atoms with Gasteiger partial charge >= 0.3 is 0 Å². The maximum Gasteiger partial charge on any atom is 0.224 e. The van der Waals surface area contributed by atoms with Crippen LogP contribution in [0.5, 0.6) is 0 Å². The lowest BCUT2D eigenvalue weighted by molar-refractivity contribution is 0.757. The fourth-order valence-corrected chi connectivity index (χ4v) is 2.78. The van der Waals surface area contributed by atoms with Crippen LogP contribution in [0.25, 0.3) is 0 Å². The summed E-state index contributed by atoms with van der Waals surface area (Å²) < 4.78 is 0.817. The fraction of sp³-hybridized carbons (Fsp3) is 0.273. The van der Waals surface area contributed by atoms with Crippen molar-refractivity contribution in [2.24, 2.45) is 0 Å². The van der Waals surface area contributed by atoms with Gasteiger partial charge in [-0.1, -0.05) is 13.0 Å². The lowest BCUT2D eigenvalue weighted by Gasteiger charge is -2.16. The molecular formula is C11H11BrClN3S. The third-order valence-electron chi connectivity index (χ3n) is 2.32. The molecular weight excluding hydrogens is 322 g/mol. The first kappa shape index (κ1) is 12.8. The topological polar surface area (TPSA) is 37.8 Å². The Balaban J connectivity index is 2.21. The number of rotatable bonds is 4.